The number of carbonyl (C=O) groups is 1. The van der Waals surface area contributed by atoms with Crippen molar-refractivity contribution in [1.82, 2.24) is 14.5 Å². The van der Waals surface area contributed by atoms with Crippen LogP contribution < -0.4 is 5.32 Å². The third-order valence-corrected chi connectivity index (χ3v) is 9.26. The van der Waals surface area contributed by atoms with Gasteiger partial charge in [0.25, 0.3) is 10.0 Å². The van der Waals surface area contributed by atoms with Gasteiger partial charge in [-0.3, -0.25) is 9.69 Å². The summed E-state index contributed by atoms with van der Waals surface area (Å²) in [7, 11) is -3.43. The van der Waals surface area contributed by atoms with E-state index in [2.05, 4.69) is 5.32 Å². The van der Waals surface area contributed by atoms with Crippen molar-refractivity contribution >= 4 is 38.6 Å². The van der Waals surface area contributed by atoms with Crippen LogP contribution in [-0.2, 0) is 14.8 Å². The van der Waals surface area contributed by atoms with Gasteiger partial charge in [0.1, 0.15) is 4.21 Å². The number of piperazine rings is 1. The maximum Gasteiger partial charge on any atom is 0.252 e. The highest BCUT2D eigenvalue weighted by Gasteiger charge is 2.30. The molecule has 9 heteroatoms. The summed E-state index contributed by atoms with van der Waals surface area (Å²) in [6.07, 6.45) is 0. The molecule has 0 spiro atoms. The molecule has 0 aliphatic carbocycles. The first-order valence-corrected chi connectivity index (χ1v) is 12.9. The number of amides is 1. The fourth-order valence-corrected chi connectivity index (χ4v) is 6.86. The second-order valence-electron chi connectivity index (χ2n) is 7.04. The van der Waals surface area contributed by atoms with Crippen molar-refractivity contribution in [1.29, 1.82) is 0 Å². The Bertz CT molecular complexity index is 1040. The average molecular weight is 462 g/mol. The quantitative estimate of drug-likeness (QED) is 0.587. The lowest BCUT2D eigenvalue weighted by Crippen LogP contribution is -2.51. The van der Waals surface area contributed by atoms with E-state index in [0.29, 0.717) is 30.4 Å². The van der Waals surface area contributed by atoms with Crippen molar-refractivity contribution in [3.05, 3.63) is 75.8 Å². The summed E-state index contributed by atoms with van der Waals surface area (Å²) in [4.78, 5) is 15.9. The van der Waals surface area contributed by atoms with Gasteiger partial charge in [-0.2, -0.15) is 4.31 Å². The molecule has 1 atom stereocenters. The Kier molecular flexibility index (Phi) is 6.64. The standard InChI is InChI=1S/C21H23N3O3S3/c25-19(22-21(18-8-4-14-28-18)17-6-2-1-3-7-17)16-23-10-12-24(13-11-23)30(26,27)20-9-5-15-29-20/h1-9,14-15,21H,10-13,16H2,(H,22,25)/t21-/m0/s1. The number of hydrogen-bond acceptors (Lipinski definition) is 6. The second-order valence-corrected chi connectivity index (χ2v) is 11.1. The van der Waals surface area contributed by atoms with Crippen molar-refractivity contribution in [3.8, 4) is 0 Å². The van der Waals surface area contributed by atoms with E-state index >= 15 is 0 Å². The molecule has 4 rings (SSSR count). The summed E-state index contributed by atoms with van der Waals surface area (Å²) in [6.45, 7) is 2.10. The number of thiophene rings is 2. The fourth-order valence-electron chi connectivity index (χ4n) is 3.49. The van der Waals surface area contributed by atoms with E-state index in [9.17, 15) is 13.2 Å². The average Bonchev–Trinajstić information content (AvgIpc) is 3.47. The normalized spacial score (nSPS) is 16.9. The van der Waals surface area contributed by atoms with Gasteiger partial charge in [-0.1, -0.05) is 42.5 Å². The molecule has 1 N–H and O–H groups in total. The van der Waals surface area contributed by atoms with Crippen LogP contribution in [-0.4, -0.2) is 56.3 Å². The van der Waals surface area contributed by atoms with E-state index in [1.54, 1.807) is 28.8 Å². The van der Waals surface area contributed by atoms with Gasteiger partial charge in [0, 0.05) is 31.1 Å². The molecular formula is C21H23N3O3S3. The zero-order chi connectivity index (χ0) is 21.0. The Balaban J connectivity index is 1.35. The van der Waals surface area contributed by atoms with Crippen LogP contribution in [0, 0.1) is 0 Å². The number of rotatable bonds is 7. The van der Waals surface area contributed by atoms with Crippen molar-refractivity contribution in [3.63, 3.8) is 0 Å². The molecule has 158 valence electrons. The van der Waals surface area contributed by atoms with Gasteiger partial charge in [-0.05, 0) is 28.5 Å². The lowest BCUT2D eigenvalue weighted by Gasteiger charge is -2.33. The van der Waals surface area contributed by atoms with Gasteiger partial charge in [0.05, 0.1) is 12.6 Å². The summed E-state index contributed by atoms with van der Waals surface area (Å²) in [5, 5.41) is 6.92. The van der Waals surface area contributed by atoms with Gasteiger partial charge in [0.2, 0.25) is 5.91 Å². The molecule has 30 heavy (non-hydrogen) atoms. The minimum absolute atomic E-state index is 0.0631. The van der Waals surface area contributed by atoms with Crippen LogP contribution in [0.25, 0.3) is 0 Å². The monoisotopic (exact) mass is 461 g/mol. The second kappa shape index (κ2) is 9.40. The number of carbonyl (C=O) groups excluding carboxylic acids is 1. The Labute approximate surface area is 184 Å². The Morgan fingerprint density at radius 1 is 0.933 bits per heavy atom. The van der Waals surface area contributed by atoms with E-state index in [1.807, 2.05) is 52.7 Å². The van der Waals surface area contributed by atoms with Crippen LogP contribution in [0.2, 0.25) is 0 Å². The van der Waals surface area contributed by atoms with Crippen LogP contribution in [0.3, 0.4) is 0 Å². The van der Waals surface area contributed by atoms with E-state index in [1.165, 1.54) is 15.6 Å². The molecule has 1 aliphatic rings. The van der Waals surface area contributed by atoms with Gasteiger partial charge in [-0.15, -0.1) is 22.7 Å². The molecule has 0 bridgehead atoms. The van der Waals surface area contributed by atoms with Crippen LogP contribution in [0.1, 0.15) is 16.5 Å². The third kappa shape index (κ3) is 4.81. The molecule has 3 heterocycles. The third-order valence-electron chi connectivity index (χ3n) is 5.05. The van der Waals surface area contributed by atoms with Crippen LogP contribution in [0.15, 0.2) is 69.6 Å². The molecule has 1 amide bonds. The fraction of sp³-hybridized carbons (Fsp3) is 0.286. The highest BCUT2D eigenvalue weighted by Crippen LogP contribution is 2.26. The molecule has 1 aliphatic heterocycles. The maximum absolute atomic E-state index is 12.8. The zero-order valence-corrected chi connectivity index (χ0v) is 18.8. The van der Waals surface area contributed by atoms with Gasteiger partial charge in [0.15, 0.2) is 0 Å². The molecule has 3 aromatic rings. The van der Waals surface area contributed by atoms with Gasteiger partial charge in [-0.25, -0.2) is 8.42 Å². The molecule has 1 saturated heterocycles. The largest absolute Gasteiger partial charge is 0.343 e. The Morgan fingerprint density at radius 3 is 2.27 bits per heavy atom. The van der Waals surface area contributed by atoms with E-state index in [0.717, 1.165) is 10.4 Å². The van der Waals surface area contributed by atoms with E-state index in [4.69, 9.17) is 0 Å². The minimum atomic E-state index is -3.43. The van der Waals surface area contributed by atoms with Crippen molar-refractivity contribution in [2.45, 2.75) is 10.3 Å². The molecule has 0 radical (unpaired) electrons. The molecule has 2 aromatic heterocycles. The number of nitrogens with zero attached hydrogens (tertiary/aromatic N) is 2. The molecule has 0 unspecified atom stereocenters. The van der Waals surface area contributed by atoms with Crippen LogP contribution in [0.5, 0.6) is 0 Å². The molecule has 1 aromatic carbocycles. The number of hydrogen-bond donors (Lipinski definition) is 1. The lowest BCUT2D eigenvalue weighted by molar-refractivity contribution is -0.123. The molecule has 0 saturated carbocycles. The first kappa shape index (κ1) is 21.2. The van der Waals surface area contributed by atoms with Crippen LogP contribution >= 0.6 is 22.7 Å². The van der Waals surface area contributed by atoms with Crippen molar-refractivity contribution in [2.24, 2.45) is 0 Å². The number of sulfonamides is 1. The summed E-state index contributed by atoms with van der Waals surface area (Å²) in [6, 6.07) is 17.1. The first-order chi connectivity index (χ1) is 14.5. The number of benzene rings is 1. The Hall–Kier alpha value is -2.04. The summed E-state index contributed by atoms with van der Waals surface area (Å²) >= 11 is 2.85. The SMILES string of the molecule is O=C(CN1CCN(S(=O)(=O)c2cccs2)CC1)N[C@@H](c1ccccc1)c1cccs1. The summed E-state index contributed by atoms with van der Waals surface area (Å²) in [5.74, 6) is -0.0631. The maximum atomic E-state index is 12.8. The van der Waals surface area contributed by atoms with Gasteiger partial charge >= 0.3 is 0 Å². The predicted molar refractivity (Wildman–Crippen MR) is 120 cm³/mol. The molecular weight excluding hydrogens is 438 g/mol. The highest BCUT2D eigenvalue weighted by molar-refractivity contribution is 7.91. The highest BCUT2D eigenvalue weighted by atomic mass is 32.2. The minimum Gasteiger partial charge on any atom is -0.343 e. The Morgan fingerprint density at radius 2 is 1.63 bits per heavy atom. The van der Waals surface area contributed by atoms with Gasteiger partial charge < -0.3 is 5.32 Å². The lowest BCUT2D eigenvalue weighted by atomic mass is 10.1. The first-order valence-electron chi connectivity index (χ1n) is 9.68. The molecule has 6 nitrogen and oxygen atoms in total. The van der Waals surface area contributed by atoms with Crippen molar-refractivity contribution in [2.75, 3.05) is 32.7 Å². The zero-order valence-electron chi connectivity index (χ0n) is 16.3. The van der Waals surface area contributed by atoms with Crippen molar-refractivity contribution < 1.29 is 13.2 Å². The van der Waals surface area contributed by atoms with Crippen LogP contribution in [0.4, 0.5) is 0 Å². The summed E-state index contributed by atoms with van der Waals surface area (Å²) < 4.78 is 27.2. The topological polar surface area (TPSA) is 69.7 Å². The van der Waals surface area contributed by atoms with E-state index in [-0.39, 0.29) is 18.5 Å². The predicted octanol–water partition coefficient (Wildman–Crippen LogP) is 3.02. The summed E-state index contributed by atoms with van der Waals surface area (Å²) in [5.41, 5.74) is 1.04. The number of nitrogens with one attached hydrogen (secondary N) is 1. The smallest absolute Gasteiger partial charge is 0.252 e. The molecule has 1 fully saturated rings. The van der Waals surface area contributed by atoms with E-state index < -0.39 is 10.0 Å².